The maximum atomic E-state index is 13.6. The van der Waals surface area contributed by atoms with Crippen molar-refractivity contribution in [3.63, 3.8) is 0 Å². The first-order chi connectivity index (χ1) is 19.2. The summed E-state index contributed by atoms with van der Waals surface area (Å²) < 4.78 is 41.4. The van der Waals surface area contributed by atoms with Crippen LogP contribution in [0.4, 0.5) is 29.3 Å². The van der Waals surface area contributed by atoms with E-state index in [0.29, 0.717) is 11.3 Å². The molecule has 0 saturated heterocycles. The van der Waals surface area contributed by atoms with Gasteiger partial charge in [-0.3, -0.25) is 20.4 Å². The average molecular weight is 570 g/mol. The van der Waals surface area contributed by atoms with Crippen LogP contribution in [0.5, 0.6) is 5.75 Å². The normalized spacial score (nSPS) is 12.5. The van der Waals surface area contributed by atoms with Crippen LogP contribution in [0.2, 0.25) is 0 Å². The van der Waals surface area contributed by atoms with Crippen LogP contribution in [0.25, 0.3) is 0 Å². The maximum Gasteiger partial charge on any atom is 0.573 e. The Hall–Kier alpha value is -4.94. The zero-order valence-corrected chi connectivity index (χ0v) is 22.8. The molecular weight excluding hydrogens is 539 g/mol. The molecule has 1 atom stereocenters. The highest BCUT2D eigenvalue weighted by atomic mass is 19.4. The third kappa shape index (κ3) is 8.52. The van der Waals surface area contributed by atoms with Crippen LogP contribution in [0.1, 0.15) is 55.2 Å². The van der Waals surface area contributed by atoms with Gasteiger partial charge in [0.2, 0.25) is 5.96 Å². The number of alkyl halides is 3. The Bertz CT molecular complexity index is 1400. The smallest absolute Gasteiger partial charge is 0.406 e. The van der Waals surface area contributed by atoms with Crippen molar-refractivity contribution < 1.29 is 27.5 Å². The van der Waals surface area contributed by atoms with Gasteiger partial charge in [0.1, 0.15) is 5.75 Å². The van der Waals surface area contributed by atoms with Gasteiger partial charge >= 0.3 is 12.4 Å². The number of nitrogens with two attached hydrogens (primary N) is 1. The Morgan fingerprint density at radius 3 is 2.05 bits per heavy atom. The molecule has 3 aromatic carbocycles. The molecule has 0 radical (unpaired) electrons. The number of urea groups is 1. The van der Waals surface area contributed by atoms with E-state index in [1.807, 2.05) is 24.3 Å². The van der Waals surface area contributed by atoms with E-state index in [0.717, 1.165) is 17.7 Å². The highest BCUT2D eigenvalue weighted by Crippen LogP contribution is 2.31. The third-order valence-corrected chi connectivity index (χ3v) is 6.00. The summed E-state index contributed by atoms with van der Waals surface area (Å²) in [5.74, 6) is 3.36. The lowest BCUT2D eigenvalue weighted by molar-refractivity contribution is -0.274. The quantitative estimate of drug-likeness (QED) is 0.0863. The van der Waals surface area contributed by atoms with Crippen LogP contribution >= 0.6 is 0 Å². The molecule has 5 N–H and O–H groups in total. The second-order valence-corrected chi connectivity index (χ2v) is 9.99. The van der Waals surface area contributed by atoms with Crippen molar-refractivity contribution in [3.8, 4) is 5.75 Å². The largest absolute Gasteiger partial charge is 0.573 e. The number of hydrogen-bond acceptors (Lipinski definition) is 5. The number of hydrogen-bond donors (Lipinski definition) is 4. The van der Waals surface area contributed by atoms with Crippen LogP contribution in [-0.2, 0) is 5.41 Å². The summed E-state index contributed by atoms with van der Waals surface area (Å²) in [6.07, 6.45) is -4.83. The molecule has 3 aromatic rings. The molecule has 0 aliphatic rings. The van der Waals surface area contributed by atoms with Crippen molar-refractivity contribution in [2.45, 2.75) is 45.5 Å². The van der Waals surface area contributed by atoms with Crippen molar-refractivity contribution in [1.82, 2.24) is 5.32 Å². The van der Waals surface area contributed by atoms with Crippen molar-refractivity contribution in [3.05, 3.63) is 89.5 Å². The van der Waals surface area contributed by atoms with E-state index in [-0.39, 0.29) is 16.7 Å². The number of carbonyl (C=O) groups excluding carboxylic acids is 2. The van der Waals surface area contributed by atoms with Gasteiger partial charge in [0, 0.05) is 16.9 Å². The van der Waals surface area contributed by atoms with Gasteiger partial charge < -0.3 is 15.9 Å². The first kappa shape index (κ1) is 30.6. The molecule has 41 heavy (non-hydrogen) atoms. The molecule has 0 saturated carbocycles. The molecule has 0 spiro atoms. The topological polar surface area (TPSA) is 145 Å². The number of carbonyl (C=O) groups is 2. The van der Waals surface area contributed by atoms with Gasteiger partial charge in [-0.25, -0.2) is 4.79 Å². The number of nitrogens with zero attached hydrogens (tertiary/aromatic N) is 3. The minimum Gasteiger partial charge on any atom is -0.406 e. The Balaban J connectivity index is 1.89. The molecule has 0 aliphatic heterocycles. The Morgan fingerprint density at radius 2 is 1.54 bits per heavy atom. The number of nitrogens with one attached hydrogen (secondary N) is 3. The van der Waals surface area contributed by atoms with Crippen LogP contribution in [-0.4, -0.2) is 24.3 Å². The number of ether oxygens (including phenoxy) is 1. The van der Waals surface area contributed by atoms with Crippen LogP contribution in [0.3, 0.4) is 0 Å². The maximum absolute atomic E-state index is 13.6. The fraction of sp³-hybridized carbons (Fsp3) is 0.250. The van der Waals surface area contributed by atoms with Crippen LogP contribution < -0.4 is 26.1 Å². The molecule has 0 aliphatic carbocycles. The summed E-state index contributed by atoms with van der Waals surface area (Å²) in [5.41, 5.74) is 2.70. The zero-order chi connectivity index (χ0) is 30.4. The van der Waals surface area contributed by atoms with Gasteiger partial charge in [-0.15, -0.1) is 13.2 Å². The molecule has 10 nitrogen and oxygen atoms in total. The predicted octanol–water partition coefficient (Wildman–Crippen LogP) is 6.67. The number of rotatable bonds is 6. The summed E-state index contributed by atoms with van der Waals surface area (Å²) in [6, 6.07) is 17.6. The number of anilines is 2. The lowest BCUT2D eigenvalue weighted by Gasteiger charge is -2.31. The minimum atomic E-state index is -4.83. The van der Waals surface area contributed by atoms with Crippen molar-refractivity contribution in [2.24, 2.45) is 16.2 Å². The van der Waals surface area contributed by atoms with Gasteiger partial charge in [0.25, 0.3) is 5.91 Å². The van der Waals surface area contributed by atoms with E-state index in [4.69, 9.17) is 11.3 Å². The highest BCUT2D eigenvalue weighted by Gasteiger charge is 2.31. The molecule has 0 fully saturated rings. The molecule has 0 heterocycles. The standard InChI is InChI=1S/C28H30F3N7O3/c1-17(18-5-7-19(8-6-18)24(39)35-25(32)36-37-33)38(22-13-9-20(10-14-22)27(2,3)4)26(40)34-21-11-15-23(16-12-21)41-28(29,30)31/h5-17H,1-4H3,(H,34,40)(H4,32,33,35,36,39). The molecule has 216 valence electrons. The first-order valence-electron chi connectivity index (χ1n) is 12.4. The lowest BCUT2D eigenvalue weighted by atomic mass is 9.87. The van der Waals surface area contributed by atoms with Crippen LogP contribution in [0, 0.1) is 5.41 Å². The van der Waals surface area contributed by atoms with Gasteiger partial charge in [-0.1, -0.05) is 55.4 Å². The number of halogens is 3. The highest BCUT2D eigenvalue weighted by molar-refractivity contribution is 6.05. The number of amides is 3. The van der Waals surface area contributed by atoms with Crippen molar-refractivity contribution >= 4 is 29.3 Å². The Morgan fingerprint density at radius 1 is 0.951 bits per heavy atom. The average Bonchev–Trinajstić information content (AvgIpc) is 2.89. The van der Waals surface area contributed by atoms with Gasteiger partial charge in [-0.05, 0) is 72.0 Å². The van der Waals surface area contributed by atoms with E-state index in [9.17, 15) is 22.8 Å². The van der Waals surface area contributed by atoms with E-state index in [1.165, 1.54) is 29.2 Å². The second kappa shape index (κ2) is 12.5. The molecule has 3 rings (SSSR count). The number of guanidine groups is 1. The zero-order valence-electron chi connectivity index (χ0n) is 22.8. The van der Waals surface area contributed by atoms with Gasteiger partial charge in [-0.2, -0.15) is 0 Å². The molecule has 3 amide bonds. The van der Waals surface area contributed by atoms with Gasteiger partial charge in [0.15, 0.2) is 0 Å². The summed E-state index contributed by atoms with van der Waals surface area (Å²) in [4.78, 5) is 27.4. The summed E-state index contributed by atoms with van der Waals surface area (Å²) >= 11 is 0. The second-order valence-electron chi connectivity index (χ2n) is 9.99. The molecular formula is C28H30F3N7O3. The molecule has 0 aromatic heterocycles. The predicted molar refractivity (Wildman–Crippen MR) is 149 cm³/mol. The van der Waals surface area contributed by atoms with Crippen LogP contribution in [0.15, 0.2) is 83.1 Å². The number of benzene rings is 3. The molecule has 13 heteroatoms. The fourth-order valence-electron chi connectivity index (χ4n) is 3.89. The minimum absolute atomic E-state index is 0.115. The summed E-state index contributed by atoms with van der Waals surface area (Å²) in [7, 11) is 0. The first-order valence-corrected chi connectivity index (χ1v) is 12.4. The van der Waals surface area contributed by atoms with E-state index in [1.54, 1.807) is 19.1 Å². The third-order valence-electron chi connectivity index (χ3n) is 6.00. The summed E-state index contributed by atoms with van der Waals surface area (Å²) in [6.45, 7) is 8.00. The Kier molecular flexibility index (Phi) is 9.32. The Labute approximate surface area is 234 Å². The van der Waals surface area contributed by atoms with Gasteiger partial charge in [0.05, 0.1) is 6.04 Å². The molecule has 1 unspecified atom stereocenters. The van der Waals surface area contributed by atoms with E-state index < -0.39 is 36.1 Å². The SMILES string of the molecule is CC(c1ccc(C(=O)NC(=N)N=NN)cc1)N(C(=O)Nc1ccc(OC(F)(F)F)cc1)c1ccc(C(C)(C)C)cc1. The lowest BCUT2D eigenvalue weighted by Crippen LogP contribution is -2.37. The summed E-state index contributed by atoms with van der Waals surface area (Å²) in [5, 5.41) is 18.6. The van der Waals surface area contributed by atoms with E-state index in [2.05, 4.69) is 46.5 Å². The molecule has 0 bridgehead atoms. The monoisotopic (exact) mass is 569 g/mol. The van der Waals surface area contributed by atoms with E-state index >= 15 is 0 Å². The van der Waals surface area contributed by atoms with Crippen molar-refractivity contribution in [1.29, 1.82) is 5.41 Å². The fourth-order valence-corrected chi connectivity index (χ4v) is 3.89. The van der Waals surface area contributed by atoms with Crippen molar-refractivity contribution in [2.75, 3.05) is 10.2 Å².